The maximum Gasteiger partial charge on any atom is 0.326 e. The number of amides is 1. The quantitative estimate of drug-likeness (QED) is 0.652. The SMILES string of the molecule is CSCCC(NC(=O)Cc1cccc(N)c1)C(=O)O. The van der Waals surface area contributed by atoms with Crippen molar-refractivity contribution in [2.75, 3.05) is 17.7 Å². The lowest BCUT2D eigenvalue weighted by Gasteiger charge is -2.14. The number of rotatable bonds is 7. The standard InChI is InChI=1S/C13H18N2O3S/c1-19-6-5-11(13(17)18)15-12(16)8-9-3-2-4-10(14)7-9/h2-4,7,11H,5-6,8,14H2,1H3,(H,15,16)(H,17,18). The van der Waals surface area contributed by atoms with Crippen LogP contribution in [0, 0.1) is 0 Å². The Morgan fingerprint density at radius 2 is 2.21 bits per heavy atom. The van der Waals surface area contributed by atoms with Gasteiger partial charge in [0, 0.05) is 5.69 Å². The van der Waals surface area contributed by atoms with Gasteiger partial charge < -0.3 is 16.2 Å². The highest BCUT2D eigenvalue weighted by molar-refractivity contribution is 7.98. The third kappa shape index (κ3) is 5.65. The first-order chi connectivity index (χ1) is 9.02. The third-order valence-corrected chi connectivity index (χ3v) is 3.20. The van der Waals surface area contributed by atoms with E-state index in [1.54, 1.807) is 36.0 Å². The number of hydrogen-bond acceptors (Lipinski definition) is 4. The molecule has 0 spiro atoms. The van der Waals surface area contributed by atoms with Crippen LogP contribution in [0.15, 0.2) is 24.3 Å². The minimum Gasteiger partial charge on any atom is -0.480 e. The summed E-state index contributed by atoms with van der Waals surface area (Å²) in [6.07, 6.45) is 2.45. The largest absolute Gasteiger partial charge is 0.480 e. The highest BCUT2D eigenvalue weighted by Crippen LogP contribution is 2.08. The van der Waals surface area contributed by atoms with Gasteiger partial charge in [0.2, 0.25) is 5.91 Å². The molecular weight excluding hydrogens is 264 g/mol. The molecule has 1 unspecified atom stereocenters. The van der Waals surface area contributed by atoms with Gasteiger partial charge in [-0.15, -0.1) is 0 Å². The monoisotopic (exact) mass is 282 g/mol. The molecule has 0 fully saturated rings. The third-order valence-electron chi connectivity index (χ3n) is 2.56. The van der Waals surface area contributed by atoms with Crippen LogP contribution in [0.3, 0.4) is 0 Å². The van der Waals surface area contributed by atoms with E-state index >= 15 is 0 Å². The van der Waals surface area contributed by atoms with Gasteiger partial charge in [-0.05, 0) is 36.1 Å². The lowest BCUT2D eigenvalue weighted by atomic mass is 10.1. The average Bonchev–Trinajstić information content (AvgIpc) is 2.34. The van der Waals surface area contributed by atoms with Crippen molar-refractivity contribution >= 4 is 29.3 Å². The highest BCUT2D eigenvalue weighted by atomic mass is 32.2. The van der Waals surface area contributed by atoms with E-state index in [2.05, 4.69) is 5.32 Å². The molecule has 0 saturated carbocycles. The molecule has 1 aromatic rings. The van der Waals surface area contributed by atoms with Crippen LogP contribution in [-0.2, 0) is 16.0 Å². The van der Waals surface area contributed by atoms with Crippen LogP contribution in [0.5, 0.6) is 0 Å². The maximum atomic E-state index is 11.8. The number of carboxylic acid groups (broad SMARTS) is 1. The summed E-state index contributed by atoms with van der Waals surface area (Å²) in [5.41, 5.74) is 6.98. The Labute approximate surface area is 116 Å². The van der Waals surface area contributed by atoms with Crippen molar-refractivity contribution in [2.45, 2.75) is 18.9 Å². The average molecular weight is 282 g/mol. The lowest BCUT2D eigenvalue weighted by molar-refractivity contribution is -0.141. The van der Waals surface area contributed by atoms with Crippen LogP contribution in [0.2, 0.25) is 0 Å². The predicted molar refractivity (Wildman–Crippen MR) is 77.1 cm³/mol. The smallest absolute Gasteiger partial charge is 0.326 e. The summed E-state index contributed by atoms with van der Waals surface area (Å²) in [5.74, 6) is -0.621. The molecule has 0 saturated heterocycles. The van der Waals surface area contributed by atoms with E-state index in [1.807, 2.05) is 6.26 Å². The molecular formula is C13H18N2O3S. The van der Waals surface area contributed by atoms with Crippen LogP contribution in [0.4, 0.5) is 5.69 Å². The number of carboxylic acids is 1. The fraction of sp³-hybridized carbons (Fsp3) is 0.385. The Morgan fingerprint density at radius 3 is 2.79 bits per heavy atom. The number of carbonyl (C=O) groups excluding carboxylic acids is 1. The van der Waals surface area contributed by atoms with Crippen LogP contribution >= 0.6 is 11.8 Å². The molecule has 5 nitrogen and oxygen atoms in total. The van der Waals surface area contributed by atoms with Crippen molar-refractivity contribution in [3.8, 4) is 0 Å². The van der Waals surface area contributed by atoms with Gasteiger partial charge in [-0.1, -0.05) is 12.1 Å². The van der Waals surface area contributed by atoms with Crippen molar-refractivity contribution in [1.29, 1.82) is 0 Å². The molecule has 0 radical (unpaired) electrons. The summed E-state index contributed by atoms with van der Waals surface area (Å²) < 4.78 is 0. The maximum absolute atomic E-state index is 11.8. The second-order valence-electron chi connectivity index (χ2n) is 4.16. The Balaban J connectivity index is 2.55. The second-order valence-corrected chi connectivity index (χ2v) is 5.15. The molecule has 1 rings (SSSR count). The molecule has 19 heavy (non-hydrogen) atoms. The molecule has 0 aliphatic carbocycles. The number of thioether (sulfide) groups is 1. The first kappa shape index (κ1) is 15.4. The molecule has 1 aromatic carbocycles. The molecule has 1 amide bonds. The first-order valence-corrected chi connectivity index (χ1v) is 7.28. The fourth-order valence-electron chi connectivity index (χ4n) is 1.63. The molecule has 1 atom stereocenters. The molecule has 0 bridgehead atoms. The molecule has 0 heterocycles. The van der Waals surface area contributed by atoms with E-state index in [9.17, 15) is 9.59 Å². The topological polar surface area (TPSA) is 92.4 Å². The van der Waals surface area contributed by atoms with Crippen molar-refractivity contribution < 1.29 is 14.7 Å². The lowest BCUT2D eigenvalue weighted by Crippen LogP contribution is -2.41. The second kappa shape index (κ2) is 7.68. The van der Waals surface area contributed by atoms with Crippen molar-refractivity contribution in [2.24, 2.45) is 0 Å². The van der Waals surface area contributed by atoms with E-state index in [4.69, 9.17) is 10.8 Å². The van der Waals surface area contributed by atoms with Crippen LogP contribution < -0.4 is 11.1 Å². The Bertz CT molecular complexity index is 451. The number of aliphatic carboxylic acids is 1. The van der Waals surface area contributed by atoms with Crippen molar-refractivity contribution in [3.63, 3.8) is 0 Å². The summed E-state index contributed by atoms with van der Waals surface area (Å²) in [6.45, 7) is 0. The van der Waals surface area contributed by atoms with Gasteiger partial charge in [0.1, 0.15) is 6.04 Å². The molecule has 104 valence electrons. The highest BCUT2D eigenvalue weighted by Gasteiger charge is 2.19. The minimum absolute atomic E-state index is 0.133. The number of nitrogens with two attached hydrogens (primary N) is 1. The van der Waals surface area contributed by atoms with Gasteiger partial charge in [-0.25, -0.2) is 4.79 Å². The first-order valence-electron chi connectivity index (χ1n) is 5.88. The Kier molecular flexibility index (Phi) is 6.21. The zero-order chi connectivity index (χ0) is 14.3. The van der Waals surface area contributed by atoms with Crippen molar-refractivity contribution in [1.82, 2.24) is 5.32 Å². The zero-order valence-corrected chi connectivity index (χ0v) is 11.6. The predicted octanol–water partition coefficient (Wildman–Crippen LogP) is 1.13. The van der Waals surface area contributed by atoms with Gasteiger partial charge in [0.25, 0.3) is 0 Å². The van der Waals surface area contributed by atoms with Gasteiger partial charge in [0.15, 0.2) is 0 Å². The van der Waals surface area contributed by atoms with Gasteiger partial charge >= 0.3 is 5.97 Å². The fourth-order valence-corrected chi connectivity index (χ4v) is 2.10. The summed E-state index contributed by atoms with van der Waals surface area (Å²) in [6, 6.07) is 6.16. The number of nitrogens with one attached hydrogen (secondary N) is 1. The van der Waals surface area contributed by atoms with Crippen molar-refractivity contribution in [3.05, 3.63) is 29.8 Å². The molecule has 6 heteroatoms. The van der Waals surface area contributed by atoms with Gasteiger partial charge in [0.05, 0.1) is 6.42 Å². The van der Waals surface area contributed by atoms with E-state index in [-0.39, 0.29) is 12.3 Å². The van der Waals surface area contributed by atoms with Crippen LogP contribution in [0.25, 0.3) is 0 Å². The summed E-state index contributed by atoms with van der Waals surface area (Å²) in [4.78, 5) is 22.8. The van der Waals surface area contributed by atoms with E-state index < -0.39 is 12.0 Å². The normalized spacial score (nSPS) is 11.8. The van der Waals surface area contributed by atoms with E-state index in [0.29, 0.717) is 17.9 Å². The van der Waals surface area contributed by atoms with Crippen LogP contribution in [-0.4, -0.2) is 35.0 Å². The van der Waals surface area contributed by atoms with Gasteiger partial charge in [-0.3, -0.25) is 4.79 Å². The van der Waals surface area contributed by atoms with Gasteiger partial charge in [-0.2, -0.15) is 11.8 Å². The molecule has 0 aliphatic heterocycles. The molecule has 0 aliphatic rings. The Hall–Kier alpha value is -1.69. The summed E-state index contributed by atoms with van der Waals surface area (Å²) >= 11 is 1.55. The Morgan fingerprint density at radius 1 is 1.47 bits per heavy atom. The van der Waals surface area contributed by atoms with E-state index in [1.165, 1.54) is 0 Å². The number of hydrogen-bond donors (Lipinski definition) is 3. The summed E-state index contributed by atoms with van der Waals surface area (Å²) in [5, 5.41) is 11.5. The number of anilines is 1. The van der Waals surface area contributed by atoms with Crippen LogP contribution in [0.1, 0.15) is 12.0 Å². The number of carbonyl (C=O) groups is 2. The minimum atomic E-state index is -1.00. The number of benzene rings is 1. The molecule has 0 aromatic heterocycles. The summed E-state index contributed by atoms with van der Waals surface area (Å²) in [7, 11) is 0. The number of nitrogen functional groups attached to an aromatic ring is 1. The zero-order valence-electron chi connectivity index (χ0n) is 10.8. The van der Waals surface area contributed by atoms with E-state index in [0.717, 1.165) is 5.56 Å². The molecule has 4 N–H and O–H groups in total.